The molecule has 3 rings (SSSR count). The highest BCUT2D eigenvalue weighted by Gasteiger charge is 2.30. The van der Waals surface area contributed by atoms with Crippen LogP contribution >= 0.6 is 0 Å². The van der Waals surface area contributed by atoms with Crippen molar-refractivity contribution in [2.24, 2.45) is 0 Å². The Hall–Kier alpha value is -3.17. The minimum Gasteiger partial charge on any atom is -0.451 e. The van der Waals surface area contributed by atoms with E-state index in [2.05, 4.69) is 10.4 Å². The molecule has 1 saturated carbocycles. The average molecular weight is 437 g/mol. The highest BCUT2D eigenvalue weighted by Crippen LogP contribution is 2.30. The van der Waals surface area contributed by atoms with Crippen LogP contribution in [0, 0.1) is 6.92 Å². The summed E-state index contributed by atoms with van der Waals surface area (Å²) in [5.74, 6) is -1.60. The number of carbonyl (C=O) groups excluding carboxylic acids is 2. The molecule has 1 aromatic heterocycles. The second kappa shape index (κ2) is 9.32. The van der Waals surface area contributed by atoms with Gasteiger partial charge in [-0.2, -0.15) is 18.3 Å². The van der Waals surface area contributed by atoms with Crippen LogP contribution in [-0.2, 0) is 15.7 Å². The van der Waals surface area contributed by atoms with E-state index in [1.165, 1.54) is 19.1 Å². The number of halogens is 3. The fourth-order valence-electron chi connectivity index (χ4n) is 3.48. The normalized spacial score (nSPS) is 14.8. The molecule has 7 nitrogen and oxygen atoms in total. The van der Waals surface area contributed by atoms with E-state index >= 15 is 0 Å². The highest BCUT2D eigenvalue weighted by atomic mass is 19.4. The van der Waals surface area contributed by atoms with Crippen LogP contribution in [0.4, 0.5) is 13.2 Å². The summed E-state index contributed by atoms with van der Waals surface area (Å²) in [6.07, 6.45) is 0.330. The Morgan fingerprint density at radius 1 is 1.19 bits per heavy atom. The second-order valence-corrected chi connectivity index (χ2v) is 7.44. The van der Waals surface area contributed by atoms with E-state index in [0.717, 1.165) is 55.0 Å². The van der Waals surface area contributed by atoms with Crippen LogP contribution in [0.25, 0.3) is 5.69 Å². The number of esters is 1. The monoisotopic (exact) mass is 437 g/mol. The van der Waals surface area contributed by atoms with Crippen LogP contribution in [0.15, 0.2) is 35.1 Å². The van der Waals surface area contributed by atoms with Crippen molar-refractivity contribution in [3.05, 3.63) is 57.5 Å². The molecule has 1 heterocycles. The van der Waals surface area contributed by atoms with Crippen LogP contribution in [0.3, 0.4) is 0 Å². The van der Waals surface area contributed by atoms with Gasteiger partial charge < -0.3 is 10.1 Å². The second-order valence-electron chi connectivity index (χ2n) is 7.44. The third kappa shape index (κ3) is 5.71. The Morgan fingerprint density at radius 3 is 2.58 bits per heavy atom. The number of nitrogens with one attached hydrogen (secondary N) is 1. The topological polar surface area (TPSA) is 90.3 Å². The molecule has 0 atom stereocenters. The summed E-state index contributed by atoms with van der Waals surface area (Å²) < 4.78 is 45.0. The lowest BCUT2D eigenvalue weighted by atomic mass is 9.95. The van der Waals surface area contributed by atoms with E-state index in [0.29, 0.717) is 0 Å². The Morgan fingerprint density at radius 2 is 1.90 bits per heavy atom. The molecule has 0 aliphatic heterocycles. The Kier molecular flexibility index (Phi) is 6.77. The molecule has 1 aliphatic rings. The minimum absolute atomic E-state index is 0.0245. The molecule has 0 saturated heterocycles. The number of alkyl halides is 3. The maximum Gasteiger partial charge on any atom is 0.416 e. The third-order valence-electron chi connectivity index (χ3n) is 5.02. The molecule has 1 aliphatic carbocycles. The first-order valence-corrected chi connectivity index (χ1v) is 9.90. The lowest BCUT2D eigenvalue weighted by Gasteiger charge is -2.22. The van der Waals surface area contributed by atoms with Gasteiger partial charge in [-0.3, -0.25) is 9.59 Å². The Balaban J connectivity index is 1.75. The summed E-state index contributed by atoms with van der Waals surface area (Å²) in [7, 11) is 0. The molecule has 2 aromatic rings. The first-order chi connectivity index (χ1) is 14.6. The number of rotatable bonds is 5. The molecule has 0 spiro atoms. The summed E-state index contributed by atoms with van der Waals surface area (Å²) in [5.41, 5.74) is -2.01. The SMILES string of the molecule is Cc1cc(=O)c(C(=O)OCC(=O)NC2CCCCC2)nn1-c1cccc(C(F)(F)F)c1. The van der Waals surface area contributed by atoms with Gasteiger partial charge in [0.15, 0.2) is 6.61 Å². The molecule has 1 N–H and O–H groups in total. The first kappa shape index (κ1) is 22.5. The van der Waals surface area contributed by atoms with Crippen molar-refractivity contribution < 1.29 is 27.5 Å². The fourth-order valence-corrected chi connectivity index (χ4v) is 3.48. The van der Waals surface area contributed by atoms with Crippen molar-refractivity contribution in [3.8, 4) is 5.69 Å². The van der Waals surface area contributed by atoms with Gasteiger partial charge in [0.1, 0.15) is 0 Å². The van der Waals surface area contributed by atoms with E-state index in [4.69, 9.17) is 4.74 Å². The van der Waals surface area contributed by atoms with Crippen LogP contribution < -0.4 is 10.7 Å². The van der Waals surface area contributed by atoms with Crippen molar-refractivity contribution in [2.45, 2.75) is 51.2 Å². The Bertz CT molecular complexity index is 1030. The molecule has 0 bridgehead atoms. The summed E-state index contributed by atoms with van der Waals surface area (Å²) >= 11 is 0. The number of hydrogen-bond acceptors (Lipinski definition) is 5. The van der Waals surface area contributed by atoms with Crippen molar-refractivity contribution in [1.82, 2.24) is 15.1 Å². The van der Waals surface area contributed by atoms with Gasteiger partial charge in [-0.1, -0.05) is 25.3 Å². The lowest BCUT2D eigenvalue weighted by Crippen LogP contribution is -2.39. The van der Waals surface area contributed by atoms with Gasteiger partial charge in [-0.25, -0.2) is 9.48 Å². The quantitative estimate of drug-likeness (QED) is 0.726. The summed E-state index contributed by atoms with van der Waals surface area (Å²) in [6, 6.07) is 5.44. The van der Waals surface area contributed by atoms with Gasteiger partial charge in [0.05, 0.1) is 11.3 Å². The summed E-state index contributed by atoms with van der Waals surface area (Å²) in [5, 5.41) is 6.67. The summed E-state index contributed by atoms with van der Waals surface area (Å²) in [6.45, 7) is 0.898. The number of hydrogen-bond donors (Lipinski definition) is 1. The largest absolute Gasteiger partial charge is 0.451 e. The van der Waals surface area contributed by atoms with Crippen molar-refractivity contribution in [1.29, 1.82) is 0 Å². The zero-order valence-electron chi connectivity index (χ0n) is 16.9. The molecule has 1 amide bonds. The maximum atomic E-state index is 13.0. The molecular weight excluding hydrogens is 415 g/mol. The van der Waals surface area contributed by atoms with Gasteiger partial charge in [-0.05, 0) is 38.0 Å². The standard InChI is InChI=1S/C21H22F3N3O4/c1-13-10-17(28)19(20(30)31-12-18(29)25-15-7-3-2-4-8-15)26-27(13)16-9-5-6-14(11-16)21(22,23)24/h5-6,9-11,15H,2-4,7-8,12H2,1H3,(H,25,29). The first-order valence-electron chi connectivity index (χ1n) is 9.90. The van der Waals surface area contributed by atoms with Crippen molar-refractivity contribution in [2.75, 3.05) is 6.61 Å². The molecule has 166 valence electrons. The predicted molar refractivity (Wildman–Crippen MR) is 105 cm³/mol. The van der Waals surface area contributed by atoms with Gasteiger partial charge in [0, 0.05) is 17.8 Å². The van der Waals surface area contributed by atoms with Crippen LogP contribution in [0.2, 0.25) is 0 Å². The smallest absolute Gasteiger partial charge is 0.416 e. The molecule has 0 unspecified atom stereocenters. The fraction of sp³-hybridized carbons (Fsp3) is 0.429. The number of nitrogens with zero attached hydrogens (tertiary/aromatic N) is 2. The van der Waals surface area contributed by atoms with Gasteiger partial charge in [0.25, 0.3) is 5.91 Å². The number of benzene rings is 1. The van der Waals surface area contributed by atoms with Gasteiger partial charge in [0.2, 0.25) is 11.1 Å². The average Bonchev–Trinajstić information content (AvgIpc) is 2.72. The lowest BCUT2D eigenvalue weighted by molar-refractivity contribution is -0.137. The zero-order chi connectivity index (χ0) is 22.6. The summed E-state index contributed by atoms with van der Waals surface area (Å²) in [4.78, 5) is 36.5. The number of ether oxygens (including phenoxy) is 1. The van der Waals surface area contributed by atoms with E-state index < -0.39 is 41.3 Å². The van der Waals surface area contributed by atoms with Crippen LogP contribution in [0.5, 0.6) is 0 Å². The molecular formula is C21H22F3N3O4. The van der Waals surface area contributed by atoms with Gasteiger partial charge in [-0.15, -0.1) is 0 Å². The minimum atomic E-state index is -4.56. The van der Waals surface area contributed by atoms with E-state index in [1.807, 2.05) is 0 Å². The maximum absolute atomic E-state index is 13.0. The number of aryl methyl sites for hydroxylation is 1. The molecule has 31 heavy (non-hydrogen) atoms. The van der Waals surface area contributed by atoms with E-state index in [-0.39, 0.29) is 17.4 Å². The third-order valence-corrected chi connectivity index (χ3v) is 5.02. The van der Waals surface area contributed by atoms with Crippen LogP contribution in [-0.4, -0.2) is 34.3 Å². The number of carbonyl (C=O) groups is 2. The number of aromatic nitrogens is 2. The van der Waals surface area contributed by atoms with E-state index in [1.54, 1.807) is 0 Å². The van der Waals surface area contributed by atoms with Gasteiger partial charge >= 0.3 is 12.1 Å². The Labute approximate surface area is 176 Å². The number of amides is 1. The highest BCUT2D eigenvalue weighted by molar-refractivity contribution is 5.89. The predicted octanol–water partition coefficient (Wildman–Crippen LogP) is 3.17. The molecule has 1 fully saturated rings. The van der Waals surface area contributed by atoms with Crippen molar-refractivity contribution in [3.63, 3.8) is 0 Å². The molecule has 10 heteroatoms. The molecule has 0 radical (unpaired) electrons. The van der Waals surface area contributed by atoms with Crippen molar-refractivity contribution >= 4 is 11.9 Å². The van der Waals surface area contributed by atoms with Crippen LogP contribution in [0.1, 0.15) is 53.8 Å². The zero-order valence-corrected chi connectivity index (χ0v) is 16.9. The van der Waals surface area contributed by atoms with E-state index in [9.17, 15) is 27.6 Å². The molecule has 1 aromatic carbocycles.